The van der Waals surface area contributed by atoms with Crippen LogP contribution in [0.3, 0.4) is 0 Å². The Balaban J connectivity index is 2.25. The Morgan fingerprint density at radius 2 is 1.75 bits per heavy atom. The molecule has 0 amide bonds. The summed E-state index contributed by atoms with van der Waals surface area (Å²) in [5, 5.41) is 13.7. The maximum absolute atomic E-state index is 10.2. The van der Waals surface area contributed by atoms with E-state index < -0.39 is 5.60 Å². The second-order valence-electron chi connectivity index (χ2n) is 5.80. The van der Waals surface area contributed by atoms with Gasteiger partial charge in [0.05, 0.1) is 5.60 Å². The SMILES string of the molecule is CN(C)CC(C)(O)CNC1CCCCCC1. The van der Waals surface area contributed by atoms with Crippen molar-refractivity contribution in [1.29, 1.82) is 0 Å². The molecule has 1 saturated carbocycles. The van der Waals surface area contributed by atoms with Crippen molar-refractivity contribution in [2.45, 2.75) is 57.1 Å². The number of nitrogens with one attached hydrogen (secondary N) is 1. The second-order valence-corrected chi connectivity index (χ2v) is 5.80. The molecule has 1 unspecified atom stereocenters. The van der Waals surface area contributed by atoms with Crippen LogP contribution in [-0.2, 0) is 0 Å². The van der Waals surface area contributed by atoms with Crippen molar-refractivity contribution in [2.24, 2.45) is 0 Å². The topological polar surface area (TPSA) is 35.5 Å². The molecular formula is C13H28N2O. The van der Waals surface area contributed by atoms with Gasteiger partial charge in [-0.2, -0.15) is 0 Å². The molecule has 0 saturated heterocycles. The predicted octanol–water partition coefficient (Wildman–Crippen LogP) is 1.61. The fourth-order valence-corrected chi connectivity index (χ4v) is 2.58. The van der Waals surface area contributed by atoms with E-state index >= 15 is 0 Å². The van der Waals surface area contributed by atoms with Gasteiger partial charge in [0.25, 0.3) is 0 Å². The smallest absolute Gasteiger partial charge is 0.0869 e. The van der Waals surface area contributed by atoms with E-state index in [1.165, 1.54) is 38.5 Å². The normalized spacial score (nSPS) is 23.1. The summed E-state index contributed by atoms with van der Waals surface area (Å²) in [7, 11) is 4.00. The third-order valence-electron chi connectivity index (χ3n) is 3.28. The highest BCUT2D eigenvalue weighted by molar-refractivity contribution is 4.81. The van der Waals surface area contributed by atoms with Crippen molar-refractivity contribution in [1.82, 2.24) is 10.2 Å². The van der Waals surface area contributed by atoms with E-state index in [4.69, 9.17) is 0 Å². The van der Waals surface area contributed by atoms with E-state index in [-0.39, 0.29) is 0 Å². The molecule has 16 heavy (non-hydrogen) atoms. The molecule has 1 aliphatic rings. The Bertz CT molecular complexity index is 184. The fourth-order valence-electron chi connectivity index (χ4n) is 2.58. The van der Waals surface area contributed by atoms with Gasteiger partial charge in [0.2, 0.25) is 0 Å². The second kappa shape index (κ2) is 6.58. The highest BCUT2D eigenvalue weighted by atomic mass is 16.3. The molecule has 2 N–H and O–H groups in total. The minimum absolute atomic E-state index is 0.615. The molecule has 3 heteroatoms. The van der Waals surface area contributed by atoms with Gasteiger partial charge in [-0.05, 0) is 33.9 Å². The van der Waals surface area contributed by atoms with Crippen molar-refractivity contribution in [3.63, 3.8) is 0 Å². The van der Waals surface area contributed by atoms with Crippen LogP contribution < -0.4 is 5.32 Å². The molecule has 3 nitrogen and oxygen atoms in total. The molecular weight excluding hydrogens is 200 g/mol. The maximum Gasteiger partial charge on any atom is 0.0869 e. The third kappa shape index (κ3) is 5.83. The lowest BCUT2D eigenvalue weighted by Gasteiger charge is -2.29. The summed E-state index contributed by atoms with van der Waals surface area (Å²) in [5.41, 5.74) is -0.615. The molecule has 1 rings (SSSR count). The van der Waals surface area contributed by atoms with Gasteiger partial charge in [-0.1, -0.05) is 25.7 Å². The lowest BCUT2D eigenvalue weighted by Crippen LogP contribution is -2.48. The van der Waals surface area contributed by atoms with E-state index in [2.05, 4.69) is 5.32 Å². The van der Waals surface area contributed by atoms with Crippen LogP contribution in [-0.4, -0.2) is 48.8 Å². The number of hydrogen-bond acceptors (Lipinski definition) is 3. The van der Waals surface area contributed by atoms with Crippen LogP contribution in [0.4, 0.5) is 0 Å². The van der Waals surface area contributed by atoms with Gasteiger partial charge < -0.3 is 15.3 Å². The average molecular weight is 228 g/mol. The van der Waals surface area contributed by atoms with Crippen LogP contribution in [0.1, 0.15) is 45.4 Å². The van der Waals surface area contributed by atoms with Gasteiger partial charge in [-0.15, -0.1) is 0 Å². The first-order valence-corrected chi connectivity index (χ1v) is 6.60. The molecule has 96 valence electrons. The highest BCUT2D eigenvalue weighted by Crippen LogP contribution is 2.17. The van der Waals surface area contributed by atoms with Gasteiger partial charge in [0, 0.05) is 19.1 Å². The zero-order valence-electron chi connectivity index (χ0n) is 11.1. The summed E-state index contributed by atoms with van der Waals surface area (Å²) in [6.07, 6.45) is 8.00. The Kier molecular flexibility index (Phi) is 5.73. The first-order valence-electron chi connectivity index (χ1n) is 6.60. The zero-order chi connectivity index (χ0) is 12.0. The van der Waals surface area contributed by atoms with Crippen molar-refractivity contribution in [3.05, 3.63) is 0 Å². The van der Waals surface area contributed by atoms with E-state index in [9.17, 15) is 5.11 Å². The Labute approximate surface area is 100 Å². The first-order chi connectivity index (χ1) is 7.49. The fraction of sp³-hybridized carbons (Fsp3) is 1.00. The minimum atomic E-state index is -0.615. The van der Waals surface area contributed by atoms with Gasteiger partial charge in [-0.3, -0.25) is 0 Å². The summed E-state index contributed by atoms with van der Waals surface area (Å²) >= 11 is 0. The lowest BCUT2D eigenvalue weighted by atomic mass is 10.0. The van der Waals surface area contributed by atoms with Crippen molar-refractivity contribution >= 4 is 0 Å². The van der Waals surface area contributed by atoms with E-state index in [0.29, 0.717) is 19.1 Å². The molecule has 0 aromatic rings. The predicted molar refractivity (Wildman–Crippen MR) is 68.7 cm³/mol. The Morgan fingerprint density at radius 3 is 2.25 bits per heavy atom. The molecule has 0 bridgehead atoms. The van der Waals surface area contributed by atoms with Gasteiger partial charge in [0.1, 0.15) is 0 Å². The molecule has 0 radical (unpaired) electrons. The summed E-state index contributed by atoms with van der Waals surface area (Å²) in [5.74, 6) is 0. The molecule has 1 fully saturated rings. The van der Waals surface area contributed by atoms with E-state index in [0.717, 1.165) is 0 Å². The van der Waals surface area contributed by atoms with Crippen molar-refractivity contribution in [3.8, 4) is 0 Å². The lowest BCUT2D eigenvalue weighted by molar-refractivity contribution is 0.0309. The van der Waals surface area contributed by atoms with Crippen LogP contribution in [0.2, 0.25) is 0 Å². The van der Waals surface area contributed by atoms with Gasteiger partial charge in [-0.25, -0.2) is 0 Å². The van der Waals surface area contributed by atoms with Crippen LogP contribution >= 0.6 is 0 Å². The number of aliphatic hydroxyl groups is 1. The summed E-state index contributed by atoms with van der Waals surface area (Å²) in [6, 6.07) is 0.621. The highest BCUT2D eigenvalue weighted by Gasteiger charge is 2.22. The standard InChI is InChI=1S/C13H28N2O/c1-13(16,11-15(2)3)10-14-12-8-6-4-5-7-9-12/h12,14,16H,4-11H2,1-3H3. The van der Waals surface area contributed by atoms with Crippen LogP contribution in [0.25, 0.3) is 0 Å². The minimum Gasteiger partial charge on any atom is -0.388 e. The third-order valence-corrected chi connectivity index (χ3v) is 3.28. The molecule has 0 spiro atoms. The number of likely N-dealkylation sites (N-methyl/N-ethyl adjacent to an activating group) is 1. The molecule has 0 aromatic heterocycles. The van der Waals surface area contributed by atoms with Crippen LogP contribution in [0.5, 0.6) is 0 Å². The Morgan fingerprint density at radius 1 is 1.19 bits per heavy atom. The van der Waals surface area contributed by atoms with Crippen molar-refractivity contribution in [2.75, 3.05) is 27.2 Å². The molecule has 0 aliphatic heterocycles. The molecule has 0 heterocycles. The molecule has 1 atom stereocenters. The monoisotopic (exact) mass is 228 g/mol. The summed E-state index contributed by atoms with van der Waals surface area (Å²) in [4.78, 5) is 2.04. The van der Waals surface area contributed by atoms with Crippen molar-refractivity contribution < 1.29 is 5.11 Å². The maximum atomic E-state index is 10.2. The first kappa shape index (κ1) is 13.9. The molecule has 0 aromatic carbocycles. The van der Waals surface area contributed by atoms with E-state index in [1.54, 1.807) is 0 Å². The van der Waals surface area contributed by atoms with Gasteiger partial charge in [0.15, 0.2) is 0 Å². The zero-order valence-corrected chi connectivity index (χ0v) is 11.1. The Hall–Kier alpha value is -0.120. The number of rotatable bonds is 5. The number of hydrogen-bond donors (Lipinski definition) is 2. The molecule has 1 aliphatic carbocycles. The average Bonchev–Trinajstić information content (AvgIpc) is 2.40. The number of nitrogens with zero attached hydrogens (tertiary/aromatic N) is 1. The van der Waals surface area contributed by atoms with E-state index in [1.807, 2.05) is 25.9 Å². The quantitative estimate of drug-likeness (QED) is 0.702. The van der Waals surface area contributed by atoms with Crippen LogP contribution in [0.15, 0.2) is 0 Å². The largest absolute Gasteiger partial charge is 0.388 e. The summed E-state index contributed by atoms with van der Waals surface area (Å²) in [6.45, 7) is 3.33. The van der Waals surface area contributed by atoms with Gasteiger partial charge >= 0.3 is 0 Å². The summed E-state index contributed by atoms with van der Waals surface area (Å²) < 4.78 is 0. The van der Waals surface area contributed by atoms with Crippen LogP contribution in [0, 0.1) is 0 Å².